The van der Waals surface area contributed by atoms with E-state index in [4.69, 9.17) is 5.73 Å². The van der Waals surface area contributed by atoms with Gasteiger partial charge in [-0.05, 0) is 36.2 Å². The molecule has 2 N–H and O–H groups in total. The molecule has 0 aromatic heterocycles. The fourth-order valence-corrected chi connectivity index (χ4v) is 4.57. The summed E-state index contributed by atoms with van der Waals surface area (Å²) in [6.45, 7) is 0.791. The normalized spacial score (nSPS) is 12.1. The van der Waals surface area contributed by atoms with Gasteiger partial charge in [0.15, 0.2) is 0 Å². The number of fused-ring (bicyclic) bond motifs is 2. The SMILES string of the molecule is NC(=O)CCN(CCc1ccccc1)C(=O)N1c2ccccc2Sc2ccccc21. The van der Waals surface area contributed by atoms with Crippen LogP contribution in [0.1, 0.15) is 12.0 Å². The first-order valence-corrected chi connectivity index (χ1v) is 10.7. The largest absolute Gasteiger partial charge is 0.370 e. The highest BCUT2D eigenvalue weighted by Gasteiger charge is 2.31. The molecule has 0 fully saturated rings. The predicted molar refractivity (Wildman–Crippen MR) is 120 cm³/mol. The van der Waals surface area contributed by atoms with Crippen molar-refractivity contribution in [3.63, 3.8) is 0 Å². The zero-order valence-electron chi connectivity index (χ0n) is 16.5. The number of urea groups is 1. The van der Waals surface area contributed by atoms with E-state index in [2.05, 4.69) is 0 Å². The number of rotatable bonds is 6. The maximum Gasteiger partial charge on any atom is 0.329 e. The minimum absolute atomic E-state index is 0.131. The zero-order chi connectivity index (χ0) is 20.9. The molecule has 3 aromatic rings. The number of amides is 3. The average Bonchev–Trinajstić information content (AvgIpc) is 2.77. The Kier molecular flexibility index (Phi) is 6.05. The van der Waals surface area contributed by atoms with Crippen LogP contribution in [0.15, 0.2) is 88.7 Å². The summed E-state index contributed by atoms with van der Waals surface area (Å²) in [6, 6.07) is 25.7. The second-order valence-corrected chi connectivity index (χ2v) is 8.18. The Balaban J connectivity index is 1.65. The van der Waals surface area contributed by atoms with Gasteiger partial charge in [0.05, 0.1) is 11.4 Å². The van der Waals surface area contributed by atoms with Gasteiger partial charge in [-0.3, -0.25) is 9.69 Å². The smallest absolute Gasteiger partial charge is 0.329 e. The number of nitrogens with two attached hydrogens (primary N) is 1. The number of primary amides is 1. The van der Waals surface area contributed by atoms with Crippen molar-refractivity contribution in [1.82, 2.24) is 4.90 Å². The summed E-state index contributed by atoms with van der Waals surface area (Å²) in [7, 11) is 0. The molecule has 0 aliphatic carbocycles. The van der Waals surface area contributed by atoms with Crippen molar-refractivity contribution in [2.45, 2.75) is 22.6 Å². The Morgan fingerprint density at radius 1 is 0.800 bits per heavy atom. The van der Waals surface area contributed by atoms with Crippen molar-refractivity contribution < 1.29 is 9.59 Å². The van der Waals surface area contributed by atoms with E-state index in [0.717, 1.165) is 26.7 Å². The number of carbonyl (C=O) groups is 2. The molecule has 5 nitrogen and oxygen atoms in total. The molecule has 0 unspecified atom stereocenters. The molecular weight excluding hydrogens is 394 g/mol. The number of nitrogens with zero attached hydrogens (tertiary/aromatic N) is 2. The van der Waals surface area contributed by atoms with Crippen molar-refractivity contribution >= 4 is 35.1 Å². The molecular formula is C24H23N3O2S. The molecule has 3 amide bonds. The Morgan fingerprint density at radius 2 is 1.37 bits per heavy atom. The molecule has 0 spiro atoms. The van der Waals surface area contributed by atoms with Gasteiger partial charge in [0.2, 0.25) is 5.91 Å². The topological polar surface area (TPSA) is 66.6 Å². The number of hydrogen-bond acceptors (Lipinski definition) is 3. The van der Waals surface area contributed by atoms with Gasteiger partial charge in [-0.25, -0.2) is 4.79 Å². The van der Waals surface area contributed by atoms with E-state index in [9.17, 15) is 9.59 Å². The van der Waals surface area contributed by atoms with Gasteiger partial charge in [-0.2, -0.15) is 0 Å². The highest BCUT2D eigenvalue weighted by molar-refractivity contribution is 7.99. The Labute approximate surface area is 180 Å². The second-order valence-electron chi connectivity index (χ2n) is 7.09. The third kappa shape index (κ3) is 4.33. The van der Waals surface area contributed by atoms with E-state index in [-0.39, 0.29) is 19.0 Å². The monoisotopic (exact) mass is 417 g/mol. The van der Waals surface area contributed by atoms with E-state index in [1.54, 1.807) is 21.6 Å². The summed E-state index contributed by atoms with van der Waals surface area (Å²) in [4.78, 5) is 30.7. The van der Waals surface area contributed by atoms with Crippen LogP contribution in [0.4, 0.5) is 16.2 Å². The zero-order valence-corrected chi connectivity index (χ0v) is 17.3. The number of hydrogen-bond donors (Lipinski definition) is 1. The van der Waals surface area contributed by atoms with Gasteiger partial charge in [0.1, 0.15) is 0 Å². The van der Waals surface area contributed by atoms with Crippen LogP contribution < -0.4 is 10.6 Å². The maximum absolute atomic E-state index is 13.7. The van der Waals surface area contributed by atoms with Crippen LogP contribution in [0, 0.1) is 0 Å². The Hall–Kier alpha value is -3.25. The van der Waals surface area contributed by atoms with Crippen LogP contribution in [-0.2, 0) is 11.2 Å². The van der Waals surface area contributed by atoms with E-state index in [1.165, 1.54) is 0 Å². The lowest BCUT2D eigenvalue weighted by Crippen LogP contribution is -2.44. The molecule has 0 saturated carbocycles. The third-order valence-corrected chi connectivity index (χ3v) is 6.17. The molecule has 1 heterocycles. The van der Waals surface area contributed by atoms with Gasteiger partial charge < -0.3 is 10.6 Å². The van der Waals surface area contributed by atoms with E-state index in [0.29, 0.717) is 13.0 Å². The van der Waals surface area contributed by atoms with Gasteiger partial charge in [0.25, 0.3) is 0 Å². The minimum atomic E-state index is -0.414. The second kappa shape index (κ2) is 9.05. The van der Waals surface area contributed by atoms with Gasteiger partial charge in [0, 0.05) is 29.3 Å². The van der Waals surface area contributed by atoms with Gasteiger partial charge >= 0.3 is 6.03 Å². The maximum atomic E-state index is 13.7. The molecule has 0 saturated heterocycles. The van der Waals surface area contributed by atoms with Crippen LogP contribution in [0.3, 0.4) is 0 Å². The van der Waals surface area contributed by atoms with Crippen LogP contribution in [0.25, 0.3) is 0 Å². The van der Waals surface area contributed by atoms with E-state index >= 15 is 0 Å². The van der Waals surface area contributed by atoms with Crippen LogP contribution in [0.5, 0.6) is 0 Å². The molecule has 1 aliphatic rings. The van der Waals surface area contributed by atoms with E-state index in [1.807, 2.05) is 78.9 Å². The highest BCUT2D eigenvalue weighted by atomic mass is 32.2. The average molecular weight is 418 g/mol. The fourth-order valence-electron chi connectivity index (χ4n) is 3.51. The quantitative estimate of drug-likeness (QED) is 0.625. The van der Waals surface area contributed by atoms with Crippen molar-refractivity contribution in [3.05, 3.63) is 84.4 Å². The predicted octanol–water partition coefficient (Wildman–Crippen LogP) is 4.83. The molecule has 1 aliphatic heterocycles. The summed E-state index contributed by atoms with van der Waals surface area (Å²) >= 11 is 1.66. The fraction of sp³-hybridized carbons (Fsp3) is 0.167. The molecule has 0 bridgehead atoms. The number of anilines is 2. The molecule has 0 radical (unpaired) electrons. The summed E-state index contributed by atoms with van der Waals surface area (Å²) in [5.74, 6) is -0.414. The van der Waals surface area contributed by atoms with Crippen LogP contribution in [-0.4, -0.2) is 29.9 Å². The number of benzene rings is 3. The van der Waals surface area contributed by atoms with Gasteiger partial charge in [-0.1, -0.05) is 66.4 Å². The summed E-state index contributed by atoms with van der Waals surface area (Å²) < 4.78 is 0. The lowest BCUT2D eigenvalue weighted by Gasteiger charge is -2.35. The standard InChI is InChI=1S/C24H23N3O2S/c25-23(28)15-17-26(16-14-18-8-2-1-3-9-18)24(29)27-19-10-4-6-12-21(19)30-22-13-7-5-11-20(22)27/h1-13H,14-17H2,(H2,25,28). The first-order valence-electron chi connectivity index (χ1n) is 9.90. The Bertz CT molecular complexity index is 1010. The molecule has 152 valence electrons. The van der Waals surface area contributed by atoms with Crippen LogP contribution in [0.2, 0.25) is 0 Å². The lowest BCUT2D eigenvalue weighted by molar-refractivity contribution is -0.118. The van der Waals surface area contributed by atoms with E-state index < -0.39 is 5.91 Å². The molecule has 30 heavy (non-hydrogen) atoms. The number of para-hydroxylation sites is 2. The highest BCUT2D eigenvalue weighted by Crippen LogP contribution is 2.48. The molecule has 4 rings (SSSR count). The number of carbonyl (C=O) groups excluding carboxylic acids is 2. The Morgan fingerprint density at radius 3 is 1.97 bits per heavy atom. The van der Waals surface area contributed by atoms with Gasteiger partial charge in [-0.15, -0.1) is 0 Å². The van der Waals surface area contributed by atoms with Crippen molar-refractivity contribution in [2.24, 2.45) is 5.73 Å². The summed E-state index contributed by atoms with van der Waals surface area (Å²) in [5, 5.41) is 0. The van der Waals surface area contributed by atoms with Crippen molar-refractivity contribution in [1.29, 1.82) is 0 Å². The summed E-state index contributed by atoms with van der Waals surface area (Å²) in [6.07, 6.45) is 0.837. The first-order chi connectivity index (χ1) is 14.6. The molecule has 3 aromatic carbocycles. The molecule has 0 atom stereocenters. The summed E-state index contributed by atoms with van der Waals surface area (Å²) in [5.41, 5.74) is 8.24. The first kappa shape index (κ1) is 20.0. The lowest BCUT2D eigenvalue weighted by atomic mass is 10.1. The van der Waals surface area contributed by atoms with Crippen molar-refractivity contribution in [2.75, 3.05) is 18.0 Å². The minimum Gasteiger partial charge on any atom is -0.370 e. The van der Waals surface area contributed by atoms with Crippen LogP contribution >= 0.6 is 11.8 Å². The third-order valence-electron chi connectivity index (χ3n) is 5.04. The molecule has 6 heteroatoms. The van der Waals surface area contributed by atoms with Crippen molar-refractivity contribution in [3.8, 4) is 0 Å².